The van der Waals surface area contributed by atoms with Gasteiger partial charge >= 0.3 is 0 Å². The summed E-state index contributed by atoms with van der Waals surface area (Å²) < 4.78 is 5.60. The van der Waals surface area contributed by atoms with Crippen molar-refractivity contribution in [1.82, 2.24) is 10.6 Å². The minimum atomic E-state index is -0.195. The topological polar surface area (TPSA) is 70.7 Å². The van der Waals surface area contributed by atoms with Crippen molar-refractivity contribution in [2.75, 3.05) is 31.1 Å². The summed E-state index contributed by atoms with van der Waals surface area (Å²) >= 11 is 12.1. The molecule has 6 nitrogen and oxygen atoms in total. The summed E-state index contributed by atoms with van der Waals surface area (Å²) in [7, 11) is 0. The lowest BCUT2D eigenvalue weighted by molar-refractivity contribution is 0.0858. The minimum absolute atomic E-state index is 0.0472. The second kappa shape index (κ2) is 10.6. The van der Waals surface area contributed by atoms with Crippen LogP contribution in [0.5, 0.6) is 0 Å². The van der Waals surface area contributed by atoms with Crippen LogP contribution < -0.4 is 15.5 Å². The van der Waals surface area contributed by atoms with Gasteiger partial charge in [-0.2, -0.15) is 0 Å². The molecule has 2 amide bonds. The van der Waals surface area contributed by atoms with Crippen molar-refractivity contribution in [2.45, 2.75) is 37.8 Å². The number of amides is 2. The Morgan fingerprint density at radius 3 is 2.50 bits per heavy atom. The van der Waals surface area contributed by atoms with Gasteiger partial charge in [-0.3, -0.25) is 9.59 Å². The zero-order valence-electron chi connectivity index (χ0n) is 17.8. The van der Waals surface area contributed by atoms with Crippen molar-refractivity contribution >= 4 is 40.7 Å². The Balaban J connectivity index is 1.34. The van der Waals surface area contributed by atoms with E-state index in [9.17, 15) is 9.59 Å². The fourth-order valence-corrected chi connectivity index (χ4v) is 4.74. The van der Waals surface area contributed by atoms with Gasteiger partial charge in [0, 0.05) is 43.0 Å². The molecule has 8 heteroatoms. The summed E-state index contributed by atoms with van der Waals surface area (Å²) in [5.41, 5.74) is 2.01. The molecule has 2 fully saturated rings. The molecule has 0 saturated carbocycles. The highest BCUT2D eigenvalue weighted by molar-refractivity contribution is 6.36. The fraction of sp³-hybridized carbons (Fsp3) is 0.417. The van der Waals surface area contributed by atoms with Crippen LogP contribution in [0.2, 0.25) is 10.0 Å². The van der Waals surface area contributed by atoms with E-state index < -0.39 is 0 Å². The third kappa shape index (κ3) is 5.55. The Bertz CT molecular complexity index is 971. The number of nitrogens with zero attached hydrogens (tertiary/aromatic N) is 1. The number of hydrogen-bond donors (Lipinski definition) is 2. The number of piperidine rings is 1. The molecule has 32 heavy (non-hydrogen) atoms. The SMILES string of the molecule is O=C(NC1CCN(c2ccccc2C(=O)NC[C@@H]2CCCO2)CC1)c1ccc(Cl)cc1Cl. The van der Waals surface area contributed by atoms with Gasteiger partial charge in [0.25, 0.3) is 11.8 Å². The maximum Gasteiger partial charge on any atom is 0.253 e. The van der Waals surface area contributed by atoms with Crippen molar-refractivity contribution in [1.29, 1.82) is 0 Å². The molecule has 1 atom stereocenters. The second-order valence-electron chi connectivity index (χ2n) is 8.22. The van der Waals surface area contributed by atoms with Crippen LogP contribution in [0.4, 0.5) is 5.69 Å². The van der Waals surface area contributed by atoms with Gasteiger partial charge in [0.2, 0.25) is 0 Å². The number of carbonyl (C=O) groups is 2. The lowest BCUT2D eigenvalue weighted by atomic mass is 10.0. The molecule has 2 aromatic carbocycles. The molecule has 0 unspecified atom stereocenters. The summed E-state index contributed by atoms with van der Waals surface area (Å²) in [6.07, 6.45) is 3.71. The minimum Gasteiger partial charge on any atom is -0.376 e. The van der Waals surface area contributed by atoms with Crippen LogP contribution >= 0.6 is 23.2 Å². The normalized spacial score (nSPS) is 19.1. The maximum absolute atomic E-state index is 12.8. The van der Waals surface area contributed by atoms with E-state index in [0.717, 1.165) is 51.1 Å². The highest BCUT2D eigenvalue weighted by Crippen LogP contribution is 2.25. The van der Waals surface area contributed by atoms with Crippen LogP contribution in [0.3, 0.4) is 0 Å². The lowest BCUT2D eigenvalue weighted by Gasteiger charge is -2.35. The van der Waals surface area contributed by atoms with Crippen LogP contribution in [0.1, 0.15) is 46.4 Å². The second-order valence-corrected chi connectivity index (χ2v) is 9.06. The number of carbonyl (C=O) groups excluding carboxylic acids is 2. The van der Waals surface area contributed by atoms with Crippen LogP contribution in [0, 0.1) is 0 Å². The highest BCUT2D eigenvalue weighted by atomic mass is 35.5. The number of anilines is 1. The molecule has 2 aromatic rings. The van der Waals surface area contributed by atoms with Crippen LogP contribution in [0.15, 0.2) is 42.5 Å². The van der Waals surface area contributed by atoms with E-state index in [4.69, 9.17) is 27.9 Å². The molecular formula is C24H27Cl2N3O3. The van der Waals surface area contributed by atoms with Crippen molar-refractivity contribution in [3.05, 3.63) is 63.6 Å². The van der Waals surface area contributed by atoms with Crippen molar-refractivity contribution in [3.63, 3.8) is 0 Å². The number of hydrogen-bond acceptors (Lipinski definition) is 4. The Morgan fingerprint density at radius 1 is 1.00 bits per heavy atom. The summed E-state index contributed by atoms with van der Waals surface area (Å²) in [5.74, 6) is -0.275. The van der Waals surface area contributed by atoms with E-state index in [1.165, 1.54) is 0 Å². The van der Waals surface area contributed by atoms with Gasteiger partial charge in [0.15, 0.2) is 0 Å². The molecule has 2 N–H and O–H groups in total. The van der Waals surface area contributed by atoms with Gasteiger partial charge in [-0.05, 0) is 56.0 Å². The largest absolute Gasteiger partial charge is 0.376 e. The molecule has 0 aliphatic carbocycles. The molecule has 0 radical (unpaired) electrons. The number of benzene rings is 2. The summed E-state index contributed by atoms with van der Waals surface area (Å²) in [4.78, 5) is 27.6. The molecule has 0 spiro atoms. The van der Waals surface area contributed by atoms with Gasteiger partial charge in [-0.25, -0.2) is 0 Å². The monoisotopic (exact) mass is 475 g/mol. The Kier molecular flexibility index (Phi) is 7.55. The standard InChI is InChI=1S/C24H27Cl2N3O3/c25-16-7-8-19(21(26)14-16)24(31)28-17-9-11-29(12-10-17)22-6-2-1-5-20(22)23(30)27-15-18-4-3-13-32-18/h1-2,5-8,14,17-18H,3-4,9-13,15H2,(H,27,30)(H,28,31)/t18-/m0/s1. The Hall–Kier alpha value is -2.28. The van der Waals surface area contributed by atoms with E-state index in [1.807, 2.05) is 24.3 Å². The first-order valence-electron chi connectivity index (χ1n) is 11.0. The first-order chi connectivity index (χ1) is 15.5. The zero-order chi connectivity index (χ0) is 22.5. The van der Waals surface area contributed by atoms with Crippen molar-refractivity contribution < 1.29 is 14.3 Å². The first kappa shape index (κ1) is 22.9. The average molecular weight is 476 g/mol. The number of nitrogens with one attached hydrogen (secondary N) is 2. The molecule has 170 valence electrons. The smallest absolute Gasteiger partial charge is 0.253 e. The van der Waals surface area contributed by atoms with E-state index in [-0.39, 0.29) is 24.0 Å². The summed E-state index contributed by atoms with van der Waals surface area (Å²) in [6, 6.07) is 12.6. The predicted molar refractivity (Wildman–Crippen MR) is 127 cm³/mol. The molecule has 2 heterocycles. The molecule has 0 aromatic heterocycles. The number of ether oxygens (including phenoxy) is 1. The molecular weight excluding hydrogens is 449 g/mol. The molecule has 2 aliphatic heterocycles. The zero-order valence-corrected chi connectivity index (χ0v) is 19.3. The number of halogens is 2. The number of rotatable bonds is 6. The van der Waals surface area contributed by atoms with Gasteiger partial charge in [0.1, 0.15) is 0 Å². The lowest BCUT2D eigenvalue weighted by Crippen LogP contribution is -2.45. The average Bonchev–Trinajstić information content (AvgIpc) is 3.32. The van der Waals surface area contributed by atoms with E-state index >= 15 is 0 Å². The Labute approximate surface area is 198 Å². The van der Waals surface area contributed by atoms with E-state index in [1.54, 1.807) is 18.2 Å². The number of para-hydroxylation sites is 1. The van der Waals surface area contributed by atoms with Gasteiger partial charge < -0.3 is 20.3 Å². The predicted octanol–water partition coefficient (Wildman–Crippen LogP) is 4.30. The van der Waals surface area contributed by atoms with E-state index in [2.05, 4.69) is 15.5 Å². The fourth-order valence-electron chi connectivity index (χ4n) is 4.25. The van der Waals surface area contributed by atoms with Gasteiger partial charge in [-0.1, -0.05) is 35.3 Å². The quantitative estimate of drug-likeness (QED) is 0.653. The van der Waals surface area contributed by atoms with Crippen molar-refractivity contribution in [2.24, 2.45) is 0 Å². The molecule has 2 saturated heterocycles. The van der Waals surface area contributed by atoms with Gasteiger partial charge in [0.05, 0.1) is 22.3 Å². The van der Waals surface area contributed by atoms with Gasteiger partial charge in [-0.15, -0.1) is 0 Å². The highest BCUT2D eigenvalue weighted by Gasteiger charge is 2.25. The van der Waals surface area contributed by atoms with Crippen LogP contribution in [-0.2, 0) is 4.74 Å². The third-order valence-electron chi connectivity index (χ3n) is 6.01. The molecule has 4 rings (SSSR count). The molecule has 0 bridgehead atoms. The van der Waals surface area contributed by atoms with E-state index in [0.29, 0.717) is 27.7 Å². The van der Waals surface area contributed by atoms with Crippen LogP contribution in [0.25, 0.3) is 0 Å². The summed E-state index contributed by atoms with van der Waals surface area (Å²) in [5, 5.41) is 6.92. The Morgan fingerprint density at radius 2 is 1.78 bits per heavy atom. The molecule has 2 aliphatic rings. The first-order valence-corrected chi connectivity index (χ1v) is 11.8. The summed E-state index contributed by atoms with van der Waals surface area (Å²) in [6.45, 7) is 2.80. The van der Waals surface area contributed by atoms with Crippen LogP contribution in [-0.4, -0.2) is 50.2 Å². The maximum atomic E-state index is 12.8. The van der Waals surface area contributed by atoms with Crippen molar-refractivity contribution in [3.8, 4) is 0 Å². The third-order valence-corrected chi connectivity index (χ3v) is 6.56.